The summed E-state index contributed by atoms with van der Waals surface area (Å²) in [6.45, 7) is 2.71. The second-order valence-corrected chi connectivity index (χ2v) is 8.79. The van der Waals surface area contributed by atoms with Gasteiger partial charge >= 0.3 is 12.1 Å². The maximum absolute atomic E-state index is 12.0. The van der Waals surface area contributed by atoms with Crippen molar-refractivity contribution in [1.82, 2.24) is 5.32 Å². The lowest BCUT2D eigenvalue weighted by atomic mass is 9.90. The Morgan fingerprint density at radius 2 is 2.00 bits per heavy atom. The van der Waals surface area contributed by atoms with Crippen LogP contribution in [-0.4, -0.2) is 57.1 Å². The highest BCUT2D eigenvalue weighted by Crippen LogP contribution is 2.46. The van der Waals surface area contributed by atoms with Crippen molar-refractivity contribution < 1.29 is 31.5 Å². The van der Waals surface area contributed by atoms with Gasteiger partial charge in [0.25, 0.3) is 0 Å². The molecule has 144 valence electrons. The Labute approximate surface area is 148 Å². The van der Waals surface area contributed by atoms with E-state index in [1.165, 1.54) is 11.3 Å². The quantitative estimate of drug-likeness (QED) is 0.696. The van der Waals surface area contributed by atoms with E-state index in [-0.39, 0.29) is 11.5 Å². The molecule has 4 rings (SSSR count). The molecule has 2 atom stereocenters. The molecular formula is C16H19F3N2O4S. The normalized spacial score (nSPS) is 26.0. The second-order valence-electron chi connectivity index (χ2n) is 6.61. The standard InChI is InChI=1S/C14H18N2O2S.C2HF3O2/c17-19(18)7-6-16-13-4-5-15-8-12(13)11-3-1-2-10(9-19)14(11)16;3-2(4,5)1(6)7/h1-3,12-13,15H,4-9H2;(H,6,7)/t12-,13-;/m0./s1. The average molecular weight is 392 g/mol. The number of carboxylic acid groups (broad SMARTS) is 1. The third kappa shape index (κ3) is 3.66. The predicted molar refractivity (Wildman–Crippen MR) is 89.0 cm³/mol. The number of anilines is 1. The molecule has 1 fully saturated rings. The SMILES string of the molecule is O=C(O)C(F)(F)F.O=S1(=O)CCN2c3c(cccc3[C@@H]3CNCC[C@@H]32)C1. The molecule has 0 spiro atoms. The van der Waals surface area contributed by atoms with Crippen LogP contribution >= 0.6 is 0 Å². The molecular weight excluding hydrogens is 373 g/mol. The Hall–Kier alpha value is -1.81. The van der Waals surface area contributed by atoms with Crippen LogP contribution in [0.4, 0.5) is 18.9 Å². The summed E-state index contributed by atoms with van der Waals surface area (Å²) in [7, 11) is -2.94. The van der Waals surface area contributed by atoms with Gasteiger partial charge in [-0.3, -0.25) is 0 Å². The first-order valence-corrected chi connectivity index (χ1v) is 10.0. The van der Waals surface area contributed by atoms with E-state index >= 15 is 0 Å². The van der Waals surface area contributed by atoms with Crippen molar-refractivity contribution in [2.24, 2.45) is 0 Å². The molecule has 0 unspecified atom stereocenters. The van der Waals surface area contributed by atoms with Gasteiger partial charge < -0.3 is 15.3 Å². The van der Waals surface area contributed by atoms with E-state index in [0.29, 0.717) is 18.5 Å². The van der Waals surface area contributed by atoms with Gasteiger partial charge in [-0.15, -0.1) is 0 Å². The van der Waals surface area contributed by atoms with Crippen LogP contribution in [0.25, 0.3) is 0 Å². The number of piperidine rings is 1. The van der Waals surface area contributed by atoms with Crippen LogP contribution in [0, 0.1) is 0 Å². The van der Waals surface area contributed by atoms with Crippen LogP contribution < -0.4 is 10.2 Å². The first-order chi connectivity index (χ1) is 12.1. The summed E-state index contributed by atoms with van der Waals surface area (Å²) in [5.41, 5.74) is 3.58. The van der Waals surface area contributed by atoms with Gasteiger partial charge in [0.2, 0.25) is 0 Å². The van der Waals surface area contributed by atoms with Gasteiger partial charge in [0.05, 0.1) is 11.5 Å². The molecule has 0 aromatic heterocycles. The summed E-state index contributed by atoms with van der Waals surface area (Å²) in [5.74, 6) is -1.73. The van der Waals surface area contributed by atoms with E-state index in [0.717, 1.165) is 25.1 Å². The highest BCUT2D eigenvalue weighted by molar-refractivity contribution is 7.90. The molecule has 3 aliphatic rings. The highest BCUT2D eigenvalue weighted by Gasteiger charge is 2.42. The Morgan fingerprint density at radius 3 is 2.65 bits per heavy atom. The fourth-order valence-electron chi connectivity index (χ4n) is 3.90. The maximum atomic E-state index is 12.0. The first kappa shape index (κ1) is 19.0. The number of fused-ring (bicyclic) bond motifs is 3. The van der Waals surface area contributed by atoms with Crippen LogP contribution in [0.5, 0.6) is 0 Å². The third-order valence-electron chi connectivity index (χ3n) is 4.94. The number of rotatable bonds is 0. The lowest BCUT2D eigenvalue weighted by molar-refractivity contribution is -0.192. The number of nitrogens with one attached hydrogen (secondary N) is 1. The lowest BCUT2D eigenvalue weighted by Gasteiger charge is -2.33. The molecule has 26 heavy (non-hydrogen) atoms. The van der Waals surface area contributed by atoms with Gasteiger partial charge in [-0.1, -0.05) is 18.2 Å². The Bertz CT molecular complexity index is 810. The van der Waals surface area contributed by atoms with E-state index in [4.69, 9.17) is 9.90 Å². The molecule has 2 N–H and O–H groups in total. The van der Waals surface area contributed by atoms with Crippen molar-refractivity contribution >= 4 is 21.5 Å². The number of benzene rings is 1. The molecule has 0 bridgehead atoms. The zero-order valence-electron chi connectivity index (χ0n) is 13.8. The smallest absolute Gasteiger partial charge is 0.475 e. The summed E-state index contributed by atoms with van der Waals surface area (Å²) in [4.78, 5) is 11.3. The van der Waals surface area contributed by atoms with Crippen molar-refractivity contribution in [2.75, 3.05) is 30.3 Å². The number of carboxylic acids is 1. The van der Waals surface area contributed by atoms with Gasteiger partial charge in [-0.25, -0.2) is 13.2 Å². The molecule has 0 amide bonds. The summed E-state index contributed by atoms with van der Waals surface area (Å²) >= 11 is 0. The van der Waals surface area contributed by atoms with Crippen molar-refractivity contribution in [3.05, 3.63) is 29.3 Å². The van der Waals surface area contributed by atoms with Crippen LogP contribution in [0.2, 0.25) is 0 Å². The van der Waals surface area contributed by atoms with Crippen LogP contribution in [0.3, 0.4) is 0 Å². The third-order valence-corrected chi connectivity index (χ3v) is 6.50. The molecule has 6 nitrogen and oxygen atoms in total. The number of halogens is 3. The molecule has 3 heterocycles. The minimum absolute atomic E-state index is 0.208. The molecule has 1 aromatic carbocycles. The molecule has 10 heteroatoms. The van der Waals surface area contributed by atoms with Crippen LogP contribution in [-0.2, 0) is 20.4 Å². The van der Waals surface area contributed by atoms with Crippen LogP contribution in [0.1, 0.15) is 23.5 Å². The Morgan fingerprint density at radius 1 is 1.31 bits per heavy atom. The van der Waals surface area contributed by atoms with Crippen molar-refractivity contribution in [1.29, 1.82) is 0 Å². The fraction of sp³-hybridized carbons (Fsp3) is 0.562. The fourth-order valence-corrected chi connectivity index (χ4v) is 5.23. The topological polar surface area (TPSA) is 86.7 Å². The predicted octanol–water partition coefficient (Wildman–Crippen LogP) is 1.51. The van der Waals surface area contributed by atoms with E-state index in [1.54, 1.807) is 0 Å². The lowest BCUT2D eigenvalue weighted by Crippen LogP contribution is -2.45. The minimum atomic E-state index is -5.08. The number of carbonyl (C=O) groups is 1. The number of hydrogen-bond acceptors (Lipinski definition) is 5. The largest absolute Gasteiger partial charge is 0.490 e. The van der Waals surface area contributed by atoms with Gasteiger partial charge in [-0.2, -0.15) is 13.2 Å². The monoisotopic (exact) mass is 392 g/mol. The number of hydrogen-bond donors (Lipinski definition) is 2. The van der Waals surface area contributed by atoms with Gasteiger partial charge in [0, 0.05) is 30.7 Å². The van der Waals surface area contributed by atoms with E-state index < -0.39 is 22.0 Å². The number of nitrogens with zero attached hydrogens (tertiary/aromatic N) is 1. The zero-order valence-corrected chi connectivity index (χ0v) is 14.6. The number of sulfone groups is 1. The Kier molecular flexibility index (Phi) is 4.91. The molecule has 3 aliphatic heterocycles. The highest BCUT2D eigenvalue weighted by atomic mass is 32.2. The van der Waals surface area contributed by atoms with Gasteiger partial charge in [0.15, 0.2) is 9.84 Å². The summed E-state index contributed by atoms with van der Waals surface area (Å²) in [6, 6.07) is 6.68. The zero-order chi connectivity index (χ0) is 19.1. The van der Waals surface area contributed by atoms with Crippen molar-refractivity contribution in [3.8, 4) is 0 Å². The molecule has 1 saturated heterocycles. The average Bonchev–Trinajstić information content (AvgIpc) is 2.79. The first-order valence-electron chi connectivity index (χ1n) is 8.20. The van der Waals surface area contributed by atoms with E-state index in [1.807, 2.05) is 12.1 Å². The molecule has 1 aromatic rings. The minimum Gasteiger partial charge on any atom is -0.475 e. The van der Waals surface area contributed by atoms with Gasteiger partial charge in [0.1, 0.15) is 0 Å². The summed E-state index contributed by atoms with van der Waals surface area (Å²) < 4.78 is 55.8. The second kappa shape index (κ2) is 6.73. The van der Waals surface area contributed by atoms with Gasteiger partial charge in [-0.05, 0) is 24.1 Å². The van der Waals surface area contributed by atoms with Crippen molar-refractivity contribution in [2.45, 2.75) is 30.3 Å². The maximum Gasteiger partial charge on any atom is 0.490 e. The van der Waals surface area contributed by atoms with Crippen LogP contribution in [0.15, 0.2) is 18.2 Å². The Balaban J connectivity index is 0.000000242. The summed E-state index contributed by atoms with van der Waals surface area (Å²) in [6.07, 6.45) is -3.97. The van der Waals surface area contributed by atoms with Crippen molar-refractivity contribution in [3.63, 3.8) is 0 Å². The van der Waals surface area contributed by atoms with E-state index in [9.17, 15) is 21.6 Å². The van der Waals surface area contributed by atoms with E-state index in [2.05, 4.69) is 16.3 Å². The molecule has 0 radical (unpaired) electrons. The molecule has 0 aliphatic carbocycles. The molecule has 0 saturated carbocycles. The number of aliphatic carboxylic acids is 1. The number of alkyl halides is 3. The summed E-state index contributed by atoms with van der Waals surface area (Å²) in [5, 5.41) is 10.6. The number of para-hydroxylation sites is 1.